The first-order valence-corrected chi connectivity index (χ1v) is 10.0. The third-order valence-corrected chi connectivity index (χ3v) is 6.02. The lowest BCUT2D eigenvalue weighted by molar-refractivity contribution is -0.137. The molecule has 0 aromatic heterocycles. The maximum Gasteiger partial charge on any atom is 0.328 e. The second kappa shape index (κ2) is 6.98. The number of carbonyl (C=O) groups excluding carboxylic acids is 2. The molecule has 2 fully saturated rings. The quantitative estimate of drug-likeness (QED) is 0.755. The van der Waals surface area contributed by atoms with E-state index in [1.807, 2.05) is 28.0 Å². The van der Waals surface area contributed by atoms with Crippen molar-refractivity contribution in [1.29, 1.82) is 0 Å². The lowest BCUT2D eigenvalue weighted by Gasteiger charge is -2.40. The molecule has 3 heterocycles. The normalized spacial score (nSPS) is 23.1. The fourth-order valence-corrected chi connectivity index (χ4v) is 4.45. The molecule has 5 rings (SSSR count). The average Bonchev–Trinajstić information content (AvgIpc) is 3.30. The number of aliphatic imine (C=N–C) groups is 1. The van der Waals surface area contributed by atoms with Crippen molar-refractivity contribution >= 4 is 35.2 Å². The maximum atomic E-state index is 14.1. The van der Waals surface area contributed by atoms with Gasteiger partial charge in [-0.05, 0) is 24.3 Å². The fourth-order valence-electron chi connectivity index (χ4n) is 4.27. The molecule has 9 heteroatoms. The number of benzene rings is 2. The van der Waals surface area contributed by atoms with Gasteiger partial charge in [0.15, 0.2) is 12.2 Å². The first kappa shape index (κ1) is 18.9. The second-order valence-electron chi connectivity index (χ2n) is 7.52. The fraction of sp³-hybridized carbons (Fsp3) is 0.286. The van der Waals surface area contributed by atoms with Crippen LogP contribution in [0, 0.1) is 5.82 Å². The minimum Gasteiger partial charge on any atom is -0.325 e. The molecule has 2 saturated heterocycles. The minimum atomic E-state index is -0.626. The van der Waals surface area contributed by atoms with Crippen molar-refractivity contribution in [3.05, 3.63) is 64.9 Å². The number of imide groups is 1. The topological polar surface area (TPSA) is 59.5 Å². The largest absolute Gasteiger partial charge is 0.328 e. The summed E-state index contributed by atoms with van der Waals surface area (Å²) >= 11 is 6.14. The molecule has 0 radical (unpaired) electrons. The number of nitrogens with zero attached hydrogens (tertiary/aromatic N) is 5. The van der Waals surface area contributed by atoms with Gasteiger partial charge in [-0.25, -0.2) is 14.2 Å². The van der Waals surface area contributed by atoms with E-state index < -0.39 is 24.1 Å². The summed E-state index contributed by atoms with van der Waals surface area (Å²) in [5, 5.41) is 0.612. The summed E-state index contributed by atoms with van der Waals surface area (Å²) in [6.07, 6.45) is -0.612. The molecule has 154 valence electrons. The van der Waals surface area contributed by atoms with E-state index in [4.69, 9.17) is 16.6 Å². The van der Waals surface area contributed by atoms with E-state index in [9.17, 15) is 14.0 Å². The van der Waals surface area contributed by atoms with Crippen molar-refractivity contribution in [1.82, 2.24) is 14.7 Å². The van der Waals surface area contributed by atoms with Crippen LogP contribution in [0.3, 0.4) is 0 Å². The van der Waals surface area contributed by atoms with E-state index in [1.54, 1.807) is 31.3 Å². The molecule has 0 bridgehead atoms. The number of hydrogen-bond acceptors (Lipinski definition) is 5. The van der Waals surface area contributed by atoms with Gasteiger partial charge >= 0.3 is 6.03 Å². The van der Waals surface area contributed by atoms with Crippen molar-refractivity contribution in [2.75, 3.05) is 25.0 Å². The highest BCUT2D eigenvalue weighted by Gasteiger charge is 2.54. The summed E-state index contributed by atoms with van der Waals surface area (Å²) in [6, 6.07) is 12.5. The predicted molar refractivity (Wildman–Crippen MR) is 111 cm³/mol. The molecule has 3 amide bonds. The Balaban J connectivity index is 1.45. The Morgan fingerprint density at radius 1 is 1.13 bits per heavy atom. The van der Waals surface area contributed by atoms with Crippen molar-refractivity contribution in [3.8, 4) is 0 Å². The Morgan fingerprint density at radius 3 is 2.70 bits per heavy atom. The number of guanidine groups is 1. The average molecular weight is 428 g/mol. The summed E-state index contributed by atoms with van der Waals surface area (Å²) in [6.45, 7) is 1.13. The molecular formula is C21H19ClFN5O2. The van der Waals surface area contributed by atoms with Crippen LogP contribution < -0.4 is 4.90 Å². The number of likely N-dealkylation sites (N-methyl/N-ethyl adjacent to an activating group) is 1. The molecule has 2 aromatic rings. The maximum absolute atomic E-state index is 14.1. The molecule has 0 aliphatic carbocycles. The summed E-state index contributed by atoms with van der Waals surface area (Å²) in [5.74, 6) is -0.161. The van der Waals surface area contributed by atoms with Gasteiger partial charge in [-0.15, -0.1) is 0 Å². The monoisotopic (exact) mass is 427 g/mol. The highest BCUT2D eigenvalue weighted by Crippen LogP contribution is 2.34. The van der Waals surface area contributed by atoms with Gasteiger partial charge < -0.3 is 14.7 Å². The SMILES string of the molecule is CN1C(=O)N(Cc2ccccc2F)C(=O)C2C1N=C1N(c3cccc(Cl)c3)CCN12. The molecule has 0 spiro atoms. The predicted octanol–water partition coefficient (Wildman–Crippen LogP) is 2.76. The van der Waals surface area contributed by atoms with E-state index in [-0.39, 0.29) is 12.5 Å². The van der Waals surface area contributed by atoms with E-state index in [1.165, 1.54) is 11.0 Å². The highest BCUT2D eigenvalue weighted by molar-refractivity contribution is 6.31. The molecule has 2 aromatic carbocycles. The number of hydrogen-bond donors (Lipinski definition) is 0. The molecule has 30 heavy (non-hydrogen) atoms. The van der Waals surface area contributed by atoms with Crippen LogP contribution in [-0.4, -0.2) is 64.9 Å². The zero-order valence-corrected chi connectivity index (χ0v) is 17.0. The van der Waals surface area contributed by atoms with Crippen LogP contribution in [0.2, 0.25) is 5.02 Å². The summed E-state index contributed by atoms with van der Waals surface area (Å²) < 4.78 is 14.1. The van der Waals surface area contributed by atoms with E-state index >= 15 is 0 Å². The van der Waals surface area contributed by atoms with Gasteiger partial charge in [0, 0.05) is 36.4 Å². The first-order valence-electron chi connectivity index (χ1n) is 9.65. The van der Waals surface area contributed by atoms with Gasteiger partial charge in [0.25, 0.3) is 5.91 Å². The van der Waals surface area contributed by atoms with Crippen LogP contribution >= 0.6 is 11.6 Å². The van der Waals surface area contributed by atoms with E-state index in [0.717, 1.165) is 10.6 Å². The van der Waals surface area contributed by atoms with Gasteiger partial charge in [-0.3, -0.25) is 9.69 Å². The molecule has 0 N–H and O–H groups in total. The number of amides is 3. The third kappa shape index (κ3) is 2.82. The van der Waals surface area contributed by atoms with Crippen LogP contribution in [0.1, 0.15) is 5.56 Å². The Labute approximate surface area is 177 Å². The van der Waals surface area contributed by atoms with Gasteiger partial charge in [-0.1, -0.05) is 35.9 Å². The Bertz CT molecular complexity index is 1080. The summed E-state index contributed by atoms with van der Waals surface area (Å²) in [5.41, 5.74) is 1.18. The lowest BCUT2D eigenvalue weighted by Crippen LogP contribution is -2.64. The lowest BCUT2D eigenvalue weighted by atomic mass is 10.1. The second-order valence-corrected chi connectivity index (χ2v) is 7.96. The Kier molecular flexibility index (Phi) is 4.39. The number of urea groups is 1. The van der Waals surface area contributed by atoms with Crippen molar-refractivity contribution in [2.24, 2.45) is 4.99 Å². The minimum absolute atomic E-state index is 0.112. The number of rotatable bonds is 3. The van der Waals surface area contributed by atoms with Crippen LogP contribution in [0.4, 0.5) is 14.9 Å². The highest BCUT2D eigenvalue weighted by atomic mass is 35.5. The van der Waals surface area contributed by atoms with E-state index in [2.05, 4.69) is 0 Å². The van der Waals surface area contributed by atoms with Crippen molar-refractivity contribution in [2.45, 2.75) is 18.8 Å². The number of anilines is 1. The molecular weight excluding hydrogens is 409 g/mol. The Hall–Kier alpha value is -3.13. The van der Waals surface area contributed by atoms with Crippen LogP contribution in [-0.2, 0) is 11.3 Å². The van der Waals surface area contributed by atoms with Crippen molar-refractivity contribution in [3.63, 3.8) is 0 Å². The zero-order chi connectivity index (χ0) is 21.0. The molecule has 2 atom stereocenters. The van der Waals surface area contributed by atoms with Crippen LogP contribution in [0.25, 0.3) is 0 Å². The molecule has 2 unspecified atom stereocenters. The smallest absolute Gasteiger partial charge is 0.325 e. The first-order chi connectivity index (χ1) is 14.5. The number of carbonyl (C=O) groups is 2. The third-order valence-electron chi connectivity index (χ3n) is 5.78. The molecule has 3 aliphatic rings. The molecule has 7 nitrogen and oxygen atoms in total. The van der Waals surface area contributed by atoms with E-state index in [0.29, 0.717) is 29.6 Å². The molecule has 3 aliphatic heterocycles. The van der Waals surface area contributed by atoms with Crippen LogP contribution in [0.15, 0.2) is 53.5 Å². The van der Waals surface area contributed by atoms with Crippen molar-refractivity contribution < 1.29 is 14.0 Å². The van der Waals surface area contributed by atoms with Gasteiger partial charge in [-0.2, -0.15) is 0 Å². The van der Waals surface area contributed by atoms with Gasteiger partial charge in [0.2, 0.25) is 5.96 Å². The van der Waals surface area contributed by atoms with Gasteiger partial charge in [0.1, 0.15) is 5.82 Å². The Morgan fingerprint density at radius 2 is 1.93 bits per heavy atom. The van der Waals surface area contributed by atoms with Gasteiger partial charge in [0.05, 0.1) is 6.54 Å². The number of halogens is 2. The molecule has 0 saturated carbocycles. The number of fused-ring (bicyclic) bond motifs is 3. The standard InChI is InChI=1S/C21H19ClFN5O2/c1-25-18-17(19(29)28(21(25)30)12-13-5-2-3-8-16(13)23)27-10-9-26(20(27)24-18)15-7-4-6-14(22)11-15/h2-8,11,17-18H,9-10,12H2,1H3. The zero-order valence-electron chi connectivity index (χ0n) is 16.2. The summed E-state index contributed by atoms with van der Waals surface area (Å²) in [4.78, 5) is 37.4. The summed E-state index contributed by atoms with van der Waals surface area (Å²) in [7, 11) is 1.62. The van der Waals surface area contributed by atoms with Crippen LogP contribution in [0.5, 0.6) is 0 Å².